The zero-order valence-corrected chi connectivity index (χ0v) is 11.9. The van der Waals surface area contributed by atoms with Crippen LogP contribution in [0.25, 0.3) is 11.0 Å². The van der Waals surface area contributed by atoms with E-state index in [1.54, 1.807) is 0 Å². The molecular weight excluding hydrogens is 274 g/mol. The van der Waals surface area contributed by atoms with E-state index in [9.17, 15) is 0 Å². The molecule has 0 aliphatic rings. The second-order valence-corrected chi connectivity index (χ2v) is 3.39. The van der Waals surface area contributed by atoms with Crippen molar-refractivity contribution in [2.24, 2.45) is 7.05 Å². The minimum Gasteiger partial charge on any atom is -0.437 e. The summed E-state index contributed by atoms with van der Waals surface area (Å²) in [5.74, 6) is 0.680. The average Bonchev–Trinajstić information content (AvgIpc) is 2.27. The number of rotatable bonds is 0. The Hall–Kier alpha value is 0.0139. The van der Waals surface area contributed by atoms with Crippen LogP contribution in [0.4, 0.5) is 0 Å². The molecule has 2 heterocycles. The summed E-state index contributed by atoms with van der Waals surface area (Å²) in [5.41, 5.74) is 2.65. The first-order valence-electron chi connectivity index (χ1n) is 3.98. The van der Waals surface area contributed by atoms with Crippen molar-refractivity contribution >= 4 is 22.6 Å². The molecule has 0 bridgehead atoms. The van der Waals surface area contributed by atoms with Crippen LogP contribution in [0.1, 0.15) is 11.5 Å². The molecule has 0 saturated carbocycles. The van der Waals surface area contributed by atoms with E-state index in [2.05, 4.69) is 16.0 Å². The van der Waals surface area contributed by atoms with Gasteiger partial charge in [0.05, 0.1) is 5.15 Å². The molecule has 0 N–H and O–H groups in total. The van der Waals surface area contributed by atoms with Crippen LogP contribution in [0.5, 0.6) is 0 Å². The van der Waals surface area contributed by atoms with Gasteiger partial charge in [-0.2, -0.15) is 0 Å². The van der Waals surface area contributed by atoms with E-state index in [4.69, 9.17) is 11.6 Å². The van der Waals surface area contributed by atoms with E-state index in [0.29, 0.717) is 11.0 Å². The molecule has 0 spiro atoms. The Labute approximate surface area is 113 Å². The van der Waals surface area contributed by atoms with Gasteiger partial charge in [0.15, 0.2) is 0 Å². The first-order valence-corrected chi connectivity index (χ1v) is 4.36. The van der Waals surface area contributed by atoms with Crippen molar-refractivity contribution in [2.75, 3.05) is 0 Å². The van der Waals surface area contributed by atoms with E-state index < -0.39 is 0 Å². The third kappa shape index (κ3) is 1.86. The Morgan fingerprint density at radius 2 is 1.93 bits per heavy atom. The van der Waals surface area contributed by atoms with Crippen molar-refractivity contribution in [1.29, 1.82) is 0 Å². The summed E-state index contributed by atoms with van der Waals surface area (Å²) in [5, 5.41) is 0.495. The van der Waals surface area contributed by atoms with Crippen LogP contribution in [-0.2, 0) is 39.8 Å². The van der Waals surface area contributed by atoms with E-state index >= 15 is 0 Å². The number of nitrogens with zero attached hydrogens (tertiary/aromatic N) is 3. The second kappa shape index (κ2) is 4.25. The number of hydrogen-bond donors (Lipinski definition) is 0. The third-order valence-electron chi connectivity index (χ3n) is 2.09. The van der Waals surface area contributed by atoms with E-state index in [1.807, 2.05) is 25.5 Å². The monoisotopic (exact) mass is 283 g/mol. The first kappa shape index (κ1) is 12.1. The molecule has 0 aromatic carbocycles. The molecule has 2 aromatic heterocycles. The molecule has 5 heteroatoms. The zero-order chi connectivity index (χ0) is 9.59. The molecule has 0 unspecified atom stereocenters. The molecule has 0 amide bonds. The summed E-state index contributed by atoms with van der Waals surface area (Å²) >= 11 is 5.99. The van der Waals surface area contributed by atoms with Gasteiger partial charge >= 0.3 is 0 Å². The van der Waals surface area contributed by atoms with Crippen LogP contribution >= 0.6 is 11.6 Å². The SMILES string of the molecule is Cc1nc(Cl)c2c([c-]c(C)n2C)n1.[Y]. The molecule has 0 aliphatic heterocycles. The van der Waals surface area contributed by atoms with Crippen molar-refractivity contribution in [3.05, 3.63) is 22.7 Å². The van der Waals surface area contributed by atoms with Crippen LogP contribution < -0.4 is 0 Å². The number of fused-ring (bicyclic) bond motifs is 1. The van der Waals surface area contributed by atoms with Crippen molar-refractivity contribution in [3.63, 3.8) is 0 Å². The molecule has 14 heavy (non-hydrogen) atoms. The van der Waals surface area contributed by atoms with Gasteiger partial charge in [0.1, 0.15) is 5.82 Å². The molecule has 2 rings (SSSR count). The van der Waals surface area contributed by atoms with Crippen molar-refractivity contribution in [1.82, 2.24) is 14.5 Å². The summed E-state index contributed by atoms with van der Waals surface area (Å²) in [6, 6.07) is 3.14. The quantitative estimate of drug-likeness (QED) is 0.547. The molecule has 71 valence electrons. The van der Waals surface area contributed by atoms with E-state index in [0.717, 1.165) is 16.7 Å². The maximum atomic E-state index is 5.99. The third-order valence-corrected chi connectivity index (χ3v) is 2.35. The van der Waals surface area contributed by atoms with Crippen molar-refractivity contribution in [3.8, 4) is 0 Å². The van der Waals surface area contributed by atoms with Crippen LogP contribution in [-0.4, -0.2) is 14.5 Å². The molecule has 3 nitrogen and oxygen atoms in total. The maximum Gasteiger partial charge on any atom is 0.122 e. The fourth-order valence-corrected chi connectivity index (χ4v) is 1.68. The average molecular weight is 284 g/mol. The zero-order valence-electron chi connectivity index (χ0n) is 8.30. The van der Waals surface area contributed by atoms with Gasteiger partial charge in [-0.1, -0.05) is 22.8 Å². The predicted molar refractivity (Wildman–Crippen MR) is 51.8 cm³/mol. The Morgan fingerprint density at radius 3 is 2.57 bits per heavy atom. The fourth-order valence-electron chi connectivity index (χ4n) is 1.34. The van der Waals surface area contributed by atoms with Crippen molar-refractivity contribution in [2.45, 2.75) is 13.8 Å². The van der Waals surface area contributed by atoms with Crippen LogP contribution in [0, 0.1) is 19.9 Å². The van der Waals surface area contributed by atoms with Gasteiger partial charge in [-0.15, -0.1) is 0 Å². The fraction of sp³-hybridized carbons (Fsp3) is 0.333. The Kier molecular flexibility index (Phi) is 3.67. The Bertz CT molecular complexity index is 478. The van der Waals surface area contributed by atoms with Gasteiger partial charge in [-0.3, -0.25) is 4.98 Å². The molecule has 0 saturated heterocycles. The minimum atomic E-state index is 0. The van der Waals surface area contributed by atoms with E-state index in [1.165, 1.54) is 0 Å². The normalized spacial score (nSPS) is 10.3. The van der Waals surface area contributed by atoms with Gasteiger partial charge in [-0.25, -0.2) is 11.1 Å². The molecule has 1 radical (unpaired) electrons. The van der Waals surface area contributed by atoms with Crippen molar-refractivity contribution < 1.29 is 32.7 Å². The molecule has 2 aromatic rings. The van der Waals surface area contributed by atoms with Gasteiger partial charge in [0.25, 0.3) is 0 Å². The van der Waals surface area contributed by atoms with Crippen LogP contribution in [0.15, 0.2) is 0 Å². The van der Waals surface area contributed by atoms with Gasteiger partial charge in [0, 0.05) is 32.7 Å². The summed E-state index contributed by atoms with van der Waals surface area (Å²) < 4.78 is 1.94. The number of aryl methyl sites for hydroxylation is 3. The van der Waals surface area contributed by atoms with Gasteiger partial charge in [0.2, 0.25) is 0 Å². The first-order chi connectivity index (χ1) is 6.09. The van der Waals surface area contributed by atoms with Gasteiger partial charge < -0.3 is 4.57 Å². The Morgan fingerprint density at radius 1 is 1.29 bits per heavy atom. The predicted octanol–water partition coefficient (Wildman–Crippen LogP) is 2.04. The Balaban J connectivity index is 0.000000980. The smallest absolute Gasteiger partial charge is 0.122 e. The minimum absolute atomic E-state index is 0. The van der Waals surface area contributed by atoms with Crippen LogP contribution in [0.3, 0.4) is 0 Å². The van der Waals surface area contributed by atoms with Gasteiger partial charge in [-0.05, 0) is 26.4 Å². The summed E-state index contributed by atoms with van der Waals surface area (Å²) in [6.07, 6.45) is 0. The summed E-state index contributed by atoms with van der Waals surface area (Å²) in [7, 11) is 1.93. The standard InChI is InChI=1S/C9H9ClN3.Y/c1-5-4-7-8(13(5)3)9(10)12-6(2)11-7;/h1-3H3;/q-1;. The molecule has 0 atom stereocenters. The summed E-state index contributed by atoms with van der Waals surface area (Å²) in [4.78, 5) is 8.34. The maximum absolute atomic E-state index is 5.99. The molecule has 0 aliphatic carbocycles. The number of halogens is 1. The molecule has 0 fully saturated rings. The van der Waals surface area contributed by atoms with E-state index in [-0.39, 0.29) is 32.7 Å². The topological polar surface area (TPSA) is 30.7 Å². The largest absolute Gasteiger partial charge is 0.437 e. The molecular formula is C9H9ClN3Y-. The van der Waals surface area contributed by atoms with Crippen LogP contribution in [0.2, 0.25) is 5.15 Å². The number of hydrogen-bond acceptors (Lipinski definition) is 2. The second-order valence-electron chi connectivity index (χ2n) is 3.03. The summed E-state index contributed by atoms with van der Waals surface area (Å²) in [6.45, 7) is 3.79. The number of aromatic nitrogens is 3.